The van der Waals surface area contributed by atoms with Crippen molar-refractivity contribution in [3.63, 3.8) is 0 Å². The molecule has 1 rings (SSSR count). The number of carbonyl (C=O) groups excluding carboxylic acids is 1. The molecule has 0 aromatic rings. The first-order chi connectivity index (χ1) is 4.20. The van der Waals surface area contributed by atoms with Gasteiger partial charge in [-0.3, -0.25) is 0 Å². The Bertz CT molecular complexity index is 122. The normalized spacial score (nSPS) is 26.1. The van der Waals surface area contributed by atoms with Gasteiger partial charge in [0, 0.05) is 0 Å². The Morgan fingerprint density at radius 3 is 2.67 bits per heavy atom. The molecule has 1 aliphatic rings. The average Bonchev–Trinajstić information content (AvgIpc) is 2.14. The number of amides is 1. The predicted octanol–water partition coefficient (Wildman–Crippen LogP) is 0.766. The minimum atomic E-state index is -0.409. The summed E-state index contributed by atoms with van der Waals surface area (Å²) in [6, 6.07) is 0.0949. The van der Waals surface area contributed by atoms with Gasteiger partial charge in [-0.2, -0.15) is 0 Å². The lowest BCUT2D eigenvalue weighted by molar-refractivity contribution is 0.175. The zero-order valence-corrected chi connectivity index (χ0v) is 5.63. The van der Waals surface area contributed by atoms with E-state index in [1.165, 1.54) is 0 Å². The molecule has 0 bridgehead atoms. The van der Waals surface area contributed by atoms with Crippen LogP contribution < -0.4 is 5.32 Å². The summed E-state index contributed by atoms with van der Waals surface area (Å²) < 4.78 is 4.62. The van der Waals surface area contributed by atoms with Gasteiger partial charge in [0.05, 0.1) is 6.04 Å². The molecule has 0 spiro atoms. The van der Waals surface area contributed by atoms with E-state index < -0.39 is 6.09 Å². The van der Waals surface area contributed by atoms with Gasteiger partial charge in [-0.1, -0.05) is 13.8 Å². The predicted molar refractivity (Wildman–Crippen MR) is 32.1 cm³/mol. The average molecular weight is 128 g/mol. The molecule has 51 valence electrons. The van der Waals surface area contributed by atoms with Crippen LogP contribution >= 0.6 is 0 Å². The first kappa shape index (κ1) is 6.39. The molecule has 3 heteroatoms. The van der Waals surface area contributed by atoms with Gasteiger partial charge in [0.2, 0.25) is 0 Å². The molecule has 1 fully saturated rings. The first-order valence-corrected chi connectivity index (χ1v) is 3.08. The van der Waals surface area contributed by atoms with Crippen LogP contribution in [0.25, 0.3) is 0 Å². The molecule has 0 aromatic heterocycles. The Labute approximate surface area is 54.4 Å². The van der Waals surface area contributed by atoms with Crippen LogP contribution in [0.3, 0.4) is 0 Å². The number of ether oxygens (including phenoxy) is 1. The Morgan fingerprint density at radius 2 is 2.44 bits per heavy atom. The van der Waals surface area contributed by atoms with Crippen LogP contribution in [-0.2, 0) is 4.74 Å². The lowest BCUT2D eigenvalue weighted by atomic mass is 10.1. The summed E-state index contributed by atoms with van der Waals surface area (Å²) in [6.07, 6.45) is -0.409. The monoisotopic (exact) mass is 128 g/mol. The van der Waals surface area contributed by atoms with E-state index >= 15 is 0 Å². The van der Waals surface area contributed by atoms with Crippen molar-refractivity contribution in [3.8, 4) is 0 Å². The maximum Gasteiger partial charge on any atom is 0.429 e. The molecule has 0 aliphatic carbocycles. The fourth-order valence-corrected chi connectivity index (χ4v) is 0.708. The summed E-state index contributed by atoms with van der Waals surface area (Å²) in [5, 5.41) is 3.73. The Kier molecular flexibility index (Phi) is 1.60. The number of nitrogens with zero attached hydrogens (tertiary/aromatic N) is 1. The largest absolute Gasteiger partial charge is 0.446 e. The summed E-state index contributed by atoms with van der Waals surface area (Å²) in [6.45, 7) is 4.52. The summed E-state index contributed by atoms with van der Waals surface area (Å²) >= 11 is 0. The lowest BCUT2D eigenvalue weighted by Gasteiger charge is -2.06. The highest BCUT2D eigenvalue weighted by Crippen LogP contribution is 2.09. The van der Waals surface area contributed by atoms with E-state index in [1.807, 2.05) is 13.8 Å². The Morgan fingerprint density at radius 1 is 1.78 bits per heavy atom. The van der Waals surface area contributed by atoms with Crippen LogP contribution in [0, 0.1) is 5.92 Å². The SMILES string of the molecule is CC(C)C1COC(=O)[N]1. The van der Waals surface area contributed by atoms with Crippen molar-refractivity contribution in [2.75, 3.05) is 6.61 Å². The third-order valence-electron chi connectivity index (χ3n) is 1.42. The standard InChI is InChI=1S/C6H10NO2/c1-4(2)5-3-9-6(8)7-5/h4-5H,3H2,1-2H3. The van der Waals surface area contributed by atoms with E-state index in [1.54, 1.807) is 0 Å². The van der Waals surface area contributed by atoms with Gasteiger partial charge in [-0.15, -0.1) is 0 Å². The quantitative estimate of drug-likeness (QED) is 0.523. The van der Waals surface area contributed by atoms with Gasteiger partial charge in [-0.25, -0.2) is 10.1 Å². The van der Waals surface area contributed by atoms with Crippen molar-refractivity contribution < 1.29 is 9.53 Å². The third kappa shape index (κ3) is 1.34. The van der Waals surface area contributed by atoms with Crippen LogP contribution in [0.4, 0.5) is 4.79 Å². The maximum atomic E-state index is 10.4. The highest BCUT2D eigenvalue weighted by Gasteiger charge is 2.26. The molecule has 1 unspecified atom stereocenters. The fourth-order valence-electron chi connectivity index (χ4n) is 0.708. The van der Waals surface area contributed by atoms with E-state index in [4.69, 9.17) is 0 Å². The summed E-state index contributed by atoms with van der Waals surface area (Å²) in [5.74, 6) is 0.413. The van der Waals surface area contributed by atoms with Crippen LogP contribution in [0.15, 0.2) is 0 Å². The highest BCUT2D eigenvalue weighted by atomic mass is 16.6. The van der Waals surface area contributed by atoms with Crippen LogP contribution in [0.1, 0.15) is 13.8 Å². The van der Waals surface area contributed by atoms with Gasteiger partial charge in [0.15, 0.2) is 0 Å². The molecule has 0 N–H and O–H groups in total. The summed E-state index contributed by atoms with van der Waals surface area (Å²) in [7, 11) is 0. The van der Waals surface area contributed by atoms with Crippen LogP contribution in [0.5, 0.6) is 0 Å². The second-order valence-electron chi connectivity index (χ2n) is 2.52. The molecule has 0 saturated carbocycles. The molecule has 1 atom stereocenters. The van der Waals surface area contributed by atoms with Crippen molar-refractivity contribution in [1.82, 2.24) is 5.32 Å². The van der Waals surface area contributed by atoms with Crippen LogP contribution in [-0.4, -0.2) is 18.7 Å². The Balaban J connectivity index is 2.39. The first-order valence-electron chi connectivity index (χ1n) is 3.08. The molecule has 1 heterocycles. The van der Waals surface area contributed by atoms with Gasteiger partial charge in [0.1, 0.15) is 6.61 Å². The minimum absolute atomic E-state index is 0.0949. The van der Waals surface area contributed by atoms with Crippen molar-refractivity contribution in [1.29, 1.82) is 0 Å². The van der Waals surface area contributed by atoms with E-state index in [0.717, 1.165) is 0 Å². The zero-order chi connectivity index (χ0) is 6.85. The molecule has 1 radical (unpaired) electrons. The van der Waals surface area contributed by atoms with Crippen molar-refractivity contribution >= 4 is 6.09 Å². The second kappa shape index (κ2) is 2.25. The molecular formula is C6H10NO2. The summed E-state index contributed by atoms with van der Waals surface area (Å²) in [4.78, 5) is 10.4. The molecule has 0 aromatic carbocycles. The van der Waals surface area contributed by atoms with Crippen molar-refractivity contribution in [3.05, 3.63) is 0 Å². The number of carbonyl (C=O) groups is 1. The second-order valence-corrected chi connectivity index (χ2v) is 2.52. The third-order valence-corrected chi connectivity index (χ3v) is 1.42. The van der Waals surface area contributed by atoms with Gasteiger partial charge < -0.3 is 4.74 Å². The smallest absolute Gasteiger partial charge is 0.429 e. The number of cyclic esters (lactones) is 1. The molecule has 1 saturated heterocycles. The van der Waals surface area contributed by atoms with E-state index in [9.17, 15) is 4.79 Å². The lowest BCUT2D eigenvalue weighted by Crippen LogP contribution is -2.24. The minimum Gasteiger partial charge on any atom is -0.446 e. The van der Waals surface area contributed by atoms with Gasteiger partial charge in [-0.05, 0) is 5.92 Å². The van der Waals surface area contributed by atoms with Gasteiger partial charge in [0.25, 0.3) is 0 Å². The maximum absolute atomic E-state index is 10.4. The molecular weight excluding hydrogens is 118 g/mol. The zero-order valence-electron chi connectivity index (χ0n) is 5.63. The van der Waals surface area contributed by atoms with E-state index in [-0.39, 0.29) is 6.04 Å². The Hall–Kier alpha value is -0.730. The topological polar surface area (TPSA) is 40.4 Å². The van der Waals surface area contributed by atoms with E-state index in [2.05, 4.69) is 10.1 Å². The molecule has 9 heavy (non-hydrogen) atoms. The molecule has 3 nitrogen and oxygen atoms in total. The van der Waals surface area contributed by atoms with Crippen LogP contribution in [0.2, 0.25) is 0 Å². The van der Waals surface area contributed by atoms with Crippen molar-refractivity contribution in [2.45, 2.75) is 19.9 Å². The fraction of sp³-hybridized carbons (Fsp3) is 0.833. The van der Waals surface area contributed by atoms with Gasteiger partial charge >= 0.3 is 6.09 Å². The van der Waals surface area contributed by atoms with E-state index in [0.29, 0.717) is 12.5 Å². The van der Waals surface area contributed by atoms with Crippen molar-refractivity contribution in [2.24, 2.45) is 5.92 Å². The number of hydrogen-bond donors (Lipinski definition) is 0. The molecule has 1 amide bonds. The highest BCUT2D eigenvalue weighted by molar-refractivity contribution is 5.69. The summed E-state index contributed by atoms with van der Waals surface area (Å²) in [5.41, 5.74) is 0. The molecule has 1 aliphatic heterocycles. The number of hydrogen-bond acceptors (Lipinski definition) is 2. The number of rotatable bonds is 1.